The van der Waals surface area contributed by atoms with Crippen LogP contribution >= 0.6 is 23.4 Å². The van der Waals surface area contributed by atoms with E-state index >= 15 is 0 Å². The van der Waals surface area contributed by atoms with E-state index in [0.29, 0.717) is 10.3 Å². The van der Waals surface area contributed by atoms with Gasteiger partial charge >= 0.3 is 0 Å². The van der Waals surface area contributed by atoms with Crippen LogP contribution in [-0.4, -0.2) is 40.1 Å². The van der Waals surface area contributed by atoms with Crippen molar-refractivity contribution in [2.24, 2.45) is 0 Å². The molecule has 0 aromatic heterocycles. The summed E-state index contributed by atoms with van der Waals surface area (Å²) in [6.45, 7) is 1.64. The summed E-state index contributed by atoms with van der Waals surface area (Å²) in [5.41, 5.74) is 2.13. The maximum Gasteiger partial charge on any atom is 0.212 e. The zero-order valence-electron chi connectivity index (χ0n) is 11.0. The third-order valence-electron chi connectivity index (χ3n) is 3.92. The highest BCUT2D eigenvalue weighted by atomic mass is 35.5. The molecular weight excluding hydrogens is 294 g/mol. The van der Waals surface area contributed by atoms with Gasteiger partial charge in [-0.3, -0.25) is 9.69 Å². The Balaban J connectivity index is 1.82. The highest BCUT2D eigenvalue weighted by Gasteiger charge is 2.34. The molecule has 3 nitrogen and oxygen atoms in total. The minimum Gasteiger partial charge on any atom is -0.394 e. The van der Waals surface area contributed by atoms with E-state index in [0.717, 1.165) is 25.1 Å². The summed E-state index contributed by atoms with van der Waals surface area (Å²) in [6, 6.07) is 7.52. The summed E-state index contributed by atoms with van der Waals surface area (Å²) in [5.74, 6) is 0. The second-order valence-corrected chi connectivity index (χ2v) is 6.74. The topological polar surface area (TPSA) is 40.5 Å². The molecular formula is C15H16ClNO2S. The molecule has 3 rings (SSSR count). The Hall–Kier alpha value is -0.810. The Bertz CT molecular complexity index is 561. The van der Waals surface area contributed by atoms with E-state index in [1.165, 1.54) is 17.3 Å². The number of carbonyl (C=O) groups excluding carboxylic acids is 1. The van der Waals surface area contributed by atoms with E-state index < -0.39 is 0 Å². The number of piperidine rings is 1. The molecule has 2 atom stereocenters. The van der Waals surface area contributed by atoms with Crippen LogP contribution in [0.2, 0.25) is 5.02 Å². The zero-order chi connectivity index (χ0) is 14.1. The van der Waals surface area contributed by atoms with Crippen molar-refractivity contribution in [1.29, 1.82) is 0 Å². The van der Waals surface area contributed by atoms with Crippen LogP contribution in [0.15, 0.2) is 35.9 Å². The summed E-state index contributed by atoms with van der Waals surface area (Å²) in [5, 5.41) is 10.9. The van der Waals surface area contributed by atoms with Crippen molar-refractivity contribution in [2.75, 3.05) is 19.7 Å². The van der Waals surface area contributed by atoms with E-state index in [1.54, 1.807) is 6.08 Å². The first kappa shape index (κ1) is 14.1. The molecule has 0 bridgehead atoms. The van der Waals surface area contributed by atoms with Gasteiger partial charge in [-0.25, -0.2) is 0 Å². The van der Waals surface area contributed by atoms with Crippen molar-refractivity contribution in [3.63, 3.8) is 0 Å². The summed E-state index contributed by atoms with van der Waals surface area (Å²) in [6.07, 6.45) is 2.70. The molecule has 0 saturated carbocycles. The second kappa shape index (κ2) is 5.90. The normalized spacial score (nSPS) is 24.4. The van der Waals surface area contributed by atoms with Gasteiger partial charge in [0, 0.05) is 23.4 Å². The number of benzene rings is 1. The minimum absolute atomic E-state index is 0.0305. The molecule has 2 aliphatic rings. The van der Waals surface area contributed by atoms with Gasteiger partial charge in [-0.05, 0) is 29.7 Å². The molecule has 0 radical (unpaired) electrons. The molecule has 5 heteroatoms. The van der Waals surface area contributed by atoms with Crippen molar-refractivity contribution in [2.45, 2.75) is 17.7 Å². The Labute approximate surface area is 127 Å². The van der Waals surface area contributed by atoms with Gasteiger partial charge in [-0.15, -0.1) is 0 Å². The lowest BCUT2D eigenvalue weighted by Crippen LogP contribution is -2.40. The summed E-state index contributed by atoms with van der Waals surface area (Å²) < 4.78 is 0. The molecule has 1 saturated heterocycles. The second-order valence-electron chi connectivity index (χ2n) is 5.12. The number of aliphatic hydroxyl groups is 1. The Morgan fingerprint density at radius 3 is 3.00 bits per heavy atom. The highest BCUT2D eigenvalue weighted by Crippen LogP contribution is 2.38. The van der Waals surface area contributed by atoms with Crippen LogP contribution in [-0.2, 0) is 4.79 Å². The lowest BCUT2D eigenvalue weighted by Gasteiger charge is -2.37. The molecule has 106 valence electrons. The smallest absolute Gasteiger partial charge is 0.212 e. The first-order chi connectivity index (χ1) is 9.69. The monoisotopic (exact) mass is 309 g/mol. The Kier molecular flexibility index (Phi) is 4.17. The number of hydrogen-bond donors (Lipinski definition) is 1. The minimum atomic E-state index is -0.105. The first-order valence-electron chi connectivity index (χ1n) is 6.69. The van der Waals surface area contributed by atoms with E-state index in [1.807, 2.05) is 24.3 Å². The van der Waals surface area contributed by atoms with E-state index in [2.05, 4.69) is 4.90 Å². The molecule has 0 amide bonds. The third kappa shape index (κ3) is 2.66. The van der Waals surface area contributed by atoms with E-state index in [9.17, 15) is 9.90 Å². The standard InChI is InChI=1S/C15H16ClNO2S/c16-12-4-2-1-3-11(12)13(9-18)17-6-5-14-10(8-17)7-15(19)20-14/h1-4,7,13-14,18H,5-6,8-9H2/t13-,14?/m1/s1. The third-order valence-corrected chi connectivity index (χ3v) is 5.43. The molecule has 1 fully saturated rings. The van der Waals surface area contributed by atoms with Crippen molar-refractivity contribution >= 4 is 28.5 Å². The summed E-state index contributed by atoms with van der Waals surface area (Å²) in [4.78, 5) is 13.7. The number of thioether (sulfide) groups is 1. The number of hydrogen-bond acceptors (Lipinski definition) is 4. The fourth-order valence-corrected chi connectivity index (χ4v) is 4.18. The molecule has 0 aliphatic carbocycles. The van der Waals surface area contributed by atoms with Gasteiger partial charge in [0.15, 0.2) is 0 Å². The molecule has 2 heterocycles. The number of aliphatic hydroxyl groups excluding tert-OH is 1. The average Bonchev–Trinajstić information content (AvgIpc) is 2.81. The van der Waals surface area contributed by atoms with Gasteiger partial charge in [-0.1, -0.05) is 41.6 Å². The predicted octanol–water partition coefficient (Wildman–Crippen LogP) is 2.65. The van der Waals surface area contributed by atoms with Gasteiger partial charge in [0.1, 0.15) is 0 Å². The fraction of sp³-hybridized carbons (Fsp3) is 0.400. The predicted molar refractivity (Wildman–Crippen MR) is 81.9 cm³/mol. The fourth-order valence-electron chi connectivity index (χ4n) is 2.90. The molecule has 1 aromatic carbocycles. The van der Waals surface area contributed by atoms with Crippen molar-refractivity contribution < 1.29 is 9.90 Å². The molecule has 1 unspecified atom stereocenters. The highest BCUT2D eigenvalue weighted by molar-refractivity contribution is 8.15. The van der Waals surface area contributed by atoms with Crippen molar-refractivity contribution in [1.82, 2.24) is 4.90 Å². The summed E-state index contributed by atoms with van der Waals surface area (Å²) in [7, 11) is 0. The Morgan fingerprint density at radius 2 is 2.25 bits per heavy atom. The van der Waals surface area contributed by atoms with Crippen molar-refractivity contribution in [3.8, 4) is 0 Å². The molecule has 1 N–H and O–H groups in total. The van der Waals surface area contributed by atoms with Crippen molar-refractivity contribution in [3.05, 3.63) is 46.5 Å². The lowest BCUT2D eigenvalue weighted by atomic mass is 9.99. The molecule has 1 aromatic rings. The largest absolute Gasteiger partial charge is 0.394 e. The maximum absolute atomic E-state index is 11.5. The molecule has 20 heavy (non-hydrogen) atoms. The quantitative estimate of drug-likeness (QED) is 0.932. The van der Waals surface area contributed by atoms with Crippen LogP contribution in [0.5, 0.6) is 0 Å². The van der Waals surface area contributed by atoms with Crippen LogP contribution < -0.4 is 0 Å². The number of halogens is 1. The van der Waals surface area contributed by atoms with Crippen LogP contribution in [0, 0.1) is 0 Å². The number of fused-ring (bicyclic) bond motifs is 1. The van der Waals surface area contributed by atoms with Gasteiger partial charge in [-0.2, -0.15) is 0 Å². The van der Waals surface area contributed by atoms with Crippen LogP contribution in [0.3, 0.4) is 0 Å². The first-order valence-corrected chi connectivity index (χ1v) is 7.95. The lowest BCUT2D eigenvalue weighted by molar-refractivity contribution is -0.106. The number of likely N-dealkylation sites (tertiary alicyclic amines) is 1. The average molecular weight is 310 g/mol. The van der Waals surface area contributed by atoms with E-state index in [4.69, 9.17) is 11.6 Å². The zero-order valence-corrected chi connectivity index (χ0v) is 12.5. The Morgan fingerprint density at radius 1 is 1.45 bits per heavy atom. The summed E-state index contributed by atoms with van der Waals surface area (Å²) >= 11 is 7.66. The van der Waals surface area contributed by atoms with Crippen LogP contribution in [0.25, 0.3) is 0 Å². The number of nitrogens with zero attached hydrogens (tertiary/aromatic N) is 1. The van der Waals surface area contributed by atoms with Gasteiger partial charge in [0.25, 0.3) is 0 Å². The van der Waals surface area contributed by atoms with Gasteiger partial charge in [0.05, 0.1) is 12.6 Å². The molecule has 0 spiro atoms. The number of rotatable bonds is 3. The number of carbonyl (C=O) groups is 1. The van der Waals surface area contributed by atoms with Gasteiger partial charge < -0.3 is 5.11 Å². The van der Waals surface area contributed by atoms with Gasteiger partial charge in [0.2, 0.25) is 5.12 Å². The maximum atomic E-state index is 11.5. The van der Waals surface area contributed by atoms with Crippen LogP contribution in [0.4, 0.5) is 0 Å². The van der Waals surface area contributed by atoms with Crippen LogP contribution in [0.1, 0.15) is 18.0 Å². The SMILES string of the molecule is O=C1C=C2CN([C@H](CO)c3ccccc3Cl)CCC2S1. The van der Waals surface area contributed by atoms with E-state index in [-0.39, 0.29) is 17.8 Å². The molecule has 2 aliphatic heterocycles.